The lowest BCUT2D eigenvalue weighted by molar-refractivity contribution is 0.104. The van der Waals surface area contributed by atoms with Gasteiger partial charge in [0.2, 0.25) is 5.78 Å². The van der Waals surface area contributed by atoms with Crippen molar-refractivity contribution in [2.24, 2.45) is 0 Å². The van der Waals surface area contributed by atoms with E-state index < -0.39 is 0 Å². The number of carbonyl (C=O) groups is 1. The maximum atomic E-state index is 12.5. The second-order valence-corrected chi connectivity index (χ2v) is 5.24. The number of nitrogens with zero attached hydrogens (tertiary/aromatic N) is 2. The Bertz CT molecular complexity index is 639. The molecule has 20 heavy (non-hydrogen) atoms. The van der Waals surface area contributed by atoms with Crippen molar-refractivity contribution in [3.63, 3.8) is 0 Å². The summed E-state index contributed by atoms with van der Waals surface area (Å²) in [4.78, 5) is 13.1. The van der Waals surface area contributed by atoms with Crippen LogP contribution in [0.25, 0.3) is 0 Å². The van der Waals surface area contributed by atoms with Crippen molar-refractivity contribution in [3.8, 4) is 11.5 Å². The van der Waals surface area contributed by atoms with Gasteiger partial charge in [0, 0.05) is 5.56 Å². The highest BCUT2D eigenvalue weighted by atomic mass is 32.1. The molecular weight excluding hydrogens is 276 g/mol. The molecule has 0 unspecified atom stereocenters. The highest BCUT2D eigenvalue weighted by Gasteiger charge is 2.20. The molecule has 1 aromatic heterocycles. The van der Waals surface area contributed by atoms with Crippen molar-refractivity contribution < 1.29 is 14.3 Å². The van der Waals surface area contributed by atoms with Crippen molar-refractivity contribution >= 4 is 17.3 Å². The Balaban J connectivity index is 1.92. The molecule has 0 radical (unpaired) electrons. The van der Waals surface area contributed by atoms with Crippen LogP contribution in [0.1, 0.15) is 34.3 Å². The maximum Gasteiger partial charge on any atom is 0.206 e. The highest BCUT2D eigenvalue weighted by molar-refractivity contribution is 7.08. The van der Waals surface area contributed by atoms with Gasteiger partial charge in [-0.2, -0.15) is 0 Å². The van der Waals surface area contributed by atoms with Crippen LogP contribution in [0.15, 0.2) is 18.2 Å². The molecule has 0 aliphatic carbocycles. The van der Waals surface area contributed by atoms with E-state index in [0.717, 1.165) is 30.1 Å². The summed E-state index contributed by atoms with van der Waals surface area (Å²) in [6, 6.07) is 5.26. The Kier molecular flexibility index (Phi) is 3.64. The van der Waals surface area contributed by atoms with E-state index in [1.807, 2.05) is 0 Å². The number of ketones is 1. The number of ether oxygens (including phenoxy) is 2. The lowest BCUT2D eigenvalue weighted by Gasteiger charge is -2.18. The van der Waals surface area contributed by atoms with Crippen molar-refractivity contribution in [1.82, 2.24) is 9.59 Å². The van der Waals surface area contributed by atoms with Gasteiger partial charge in [0.05, 0.1) is 5.69 Å². The van der Waals surface area contributed by atoms with Crippen LogP contribution in [0, 0.1) is 0 Å². The first kappa shape index (κ1) is 13.1. The SMILES string of the molecule is CCCc1nnsc1C(=O)c1ccc2c(c1)OCCO2. The number of aromatic nitrogens is 2. The number of carbonyl (C=O) groups excluding carboxylic acids is 1. The lowest BCUT2D eigenvalue weighted by Crippen LogP contribution is -2.16. The van der Waals surface area contributed by atoms with Crippen molar-refractivity contribution in [3.05, 3.63) is 34.3 Å². The maximum absolute atomic E-state index is 12.5. The van der Waals surface area contributed by atoms with Crippen LogP contribution in [0.3, 0.4) is 0 Å². The van der Waals surface area contributed by atoms with Crippen LogP contribution < -0.4 is 9.47 Å². The Morgan fingerprint density at radius 2 is 2.10 bits per heavy atom. The fraction of sp³-hybridized carbons (Fsp3) is 0.357. The third-order valence-electron chi connectivity index (χ3n) is 3.05. The number of rotatable bonds is 4. The molecule has 5 nitrogen and oxygen atoms in total. The highest BCUT2D eigenvalue weighted by Crippen LogP contribution is 2.32. The molecule has 0 saturated carbocycles. The zero-order valence-corrected chi connectivity index (χ0v) is 11.9. The number of fused-ring (bicyclic) bond motifs is 1. The monoisotopic (exact) mass is 290 g/mol. The lowest BCUT2D eigenvalue weighted by atomic mass is 10.1. The Labute approximate surface area is 120 Å². The van der Waals surface area contributed by atoms with E-state index >= 15 is 0 Å². The topological polar surface area (TPSA) is 61.3 Å². The van der Waals surface area contributed by atoms with Gasteiger partial charge in [0.1, 0.15) is 18.1 Å². The van der Waals surface area contributed by atoms with E-state index in [1.165, 1.54) is 0 Å². The van der Waals surface area contributed by atoms with Crippen LogP contribution >= 0.6 is 11.5 Å². The Hall–Kier alpha value is -1.95. The van der Waals surface area contributed by atoms with Crippen molar-refractivity contribution in [1.29, 1.82) is 0 Å². The molecule has 104 valence electrons. The third-order valence-corrected chi connectivity index (χ3v) is 3.82. The van der Waals surface area contributed by atoms with Gasteiger partial charge < -0.3 is 9.47 Å². The third kappa shape index (κ3) is 2.38. The molecule has 3 rings (SSSR count). The van der Waals surface area contributed by atoms with E-state index in [4.69, 9.17) is 9.47 Å². The molecule has 0 N–H and O–H groups in total. The average molecular weight is 290 g/mol. The van der Waals surface area contributed by atoms with Gasteiger partial charge in [-0.05, 0) is 36.2 Å². The predicted molar refractivity (Wildman–Crippen MR) is 74.8 cm³/mol. The number of benzene rings is 1. The van der Waals surface area contributed by atoms with Crippen LogP contribution in [0.5, 0.6) is 11.5 Å². The second kappa shape index (κ2) is 5.58. The molecule has 0 fully saturated rings. The zero-order valence-electron chi connectivity index (χ0n) is 11.1. The minimum absolute atomic E-state index is 0.0552. The Morgan fingerprint density at radius 3 is 2.90 bits per heavy atom. The number of hydrogen-bond acceptors (Lipinski definition) is 6. The molecule has 0 bridgehead atoms. The average Bonchev–Trinajstić information content (AvgIpc) is 2.94. The molecule has 2 aromatic rings. The molecule has 1 aromatic carbocycles. The summed E-state index contributed by atoms with van der Waals surface area (Å²) in [6.45, 7) is 3.10. The number of aryl methyl sites for hydroxylation is 1. The molecule has 2 heterocycles. The van der Waals surface area contributed by atoms with Crippen LogP contribution in [-0.2, 0) is 6.42 Å². The predicted octanol–water partition coefficient (Wildman–Crippen LogP) is 2.49. The largest absolute Gasteiger partial charge is 0.486 e. The van der Waals surface area contributed by atoms with Crippen molar-refractivity contribution in [2.45, 2.75) is 19.8 Å². The normalized spacial score (nSPS) is 13.2. The van der Waals surface area contributed by atoms with Gasteiger partial charge in [-0.3, -0.25) is 4.79 Å². The minimum atomic E-state index is -0.0552. The van der Waals surface area contributed by atoms with Crippen LogP contribution in [0.4, 0.5) is 0 Å². The summed E-state index contributed by atoms with van der Waals surface area (Å²) in [6.07, 6.45) is 1.70. The molecule has 0 amide bonds. The van der Waals surface area contributed by atoms with Gasteiger partial charge >= 0.3 is 0 Å². The summed E-state index contributed by atoms with van der Waals surface area (Å²) in [7, 11) is 0. The molecular formula is C14H14N2O3S. The van der Waals surface area contributed by atoms with Crippen molar-refractivity contribution in [2.75, 3.05) is 13.2 Å². The van der Waals surface area contributed by atoms with Crippen LogP contribution in [0.2, 0.25) is 0 Å². The molecule has 0 atom stereocenters. The van der Waals surface area contributed by atoms with E-state index in [1.54, 1.807) is 18.2 Å². The fourth-order valence-electron chi connectivity index (χ4n) is 2.10. The second-order valence-electron chi connectivity index (χ2n) is 4.49. The summed E-state index contributed by atoms with van der Waals surface area (Å²) < 4.78 is 14.8. The zero-order chi connectivity index (χ0) is 13.9. The standard InChI is InChI=1S/C14H14N2O3S/c1-2-3-10-14(20-16-15-10)13(17)9-4-5-11-12(8-9)19-7-6-18-11/h4-5,8H,2-3,6-7H2,1H3. The molecule has 1 aliphatic heterocycles. The van der Waals surface area contributed by atoms with Crippen LogP contribution in [-0.4, -0.2) is 28.6 Å². The Morgan fingerprint density at radius 1 is 1.30 bits per heavy atom. The van der Waals surface area contributed by atoms with E-state index in [9.17, 15) is 4.79 Å². The summed E-state index contributed by atoms with van der Waals surface area (Å²) in [5.74, 6) is 1.25. The van der Waals surface area contributed by atoms with Gasteiger partial charge in [-0.1, -0.05) is 17.8 Å². The molecule has 0 saturated heterocycles. The first-order valence-electron chi connectivity index (χ1n) is 6.55. The van der Waals surface area contributed by atoms with Gasteiger partial charge in [-0.25, -0.2) is 0 Å². The van der Waals surface area contributed by atoms with Gasteiger partial charge in [0.25, 0.3) is 0 Å². The van der Waals surface area contributed by atoms with Gasteiger partial charge in [-0.15, -0.1) is 5.10 Å². The van der Waals surface area contributed by atoms with E-state index in [0.29, 0.717) is 35.2 Å². The van der Waals surface area contributed by atoms with E-state index in [-0.39, 0.29) is 5.78 Å². The molecule has 6 heteroatoms. The molecule has 1 aliphatic rings. The smallest absolute Gasteiger partial charge is 0.206 e. The van der Waals surface area contributed by atoms with Gasteiger partial charge in [0.15, 0.2) is 11.5 Å². The summed E-state index contributed by atoms with van der Waals surface area (Å²) in [5, 5.41) is 4.03. The minimum Gasteiger partial charge on any atom is -0.486 e. The first-order valence-corrected chi connectivity index (χ1v) is 7.32. The summed E-state index contributed by atoms with van der Waals surface area (Å²) in [5.41, 5.74) is 1.36. The fourth-order valence-corrected chi connectivity index (χ4v) is 2.77. The first-order chi connectivity index (χ1) is 9.79. The quantitative estimate of drug-likeness (QED) is 0.810. The summed E-state index contributed by atoms with van der Waals surface area (Å²) >= 11 is 1.15. The van der Waals surface area contributed by atoms with E-state index in [2.05, 4.69) is 16.5 Å². The molecule has 0 spiro atoms. The number of hydrogen-bond donors (Lipinski definition) is 0.